The Balaban J connectivity index is 2.04. The molecule has 3 aromatic rings. The van der Waals surface area contributed by atoms with Crippen LogP contribution in [0.15, 0.2) is 65.6 Å². The molecule has 0 saturated heterocycles. The van der Waals surface area contributed by atoms with Crippen molar-refractivity contribution >= 4 is 26.5 Å². The van der Waals surface area contributed by atoms with Gasteiger partial charge in [0.25, 0.3) is 10.0 Å². The van der Waals surface area contributed by atoms with E-state index in [1.54, 1.807) is 18.2 Å². The van der Waals surface area contributed by atoms with E-state index >= 15 is 0 Å². The van der Waals surface area contributed by atoms with Crippen molar-refractivity contribution in [3.05, 3.63) is 66.5 Å². The van der Waals surface area contributed by atoms with Crippen molar-refractivity contribution in [2.24, 2.45) is 0 Å². The summed E-state index contributed by atoms with van der Waals surface area (Å²) >= 11 is 0. The molecule has 3 aromatic carbocycles. The van der Waals surface area contributed by atoms with Crippen LogP contribution in [0.1, 0.15) is 13.3 Å². The minimum absolute atomic E-state index is 0.149. The Bertz CT molecular complexity index is 985. The van der Waals surface area contributed by atoms with E-state index in [1.807, 2.05) is 19.1 Å². The summed E-state index contributed by atoms with van der Waals surface area (Å²) in [5, 5.41) is 1.31. The normalized spacial score (nSPS) is 11.4. The fourth-order valence-electron chi connectivity index (χ4n) is 2.54. The lowest BCUT2D eigenvalue weighted by atomic mass is 10.1. The van der Waals surface area contributed by atoms with Crippen molar-refractivity contribution in [1.82, 2.24) is 0 Å². The largest absolute Gasteiger partial charge is 0.493 e. The summed E-state index contributed by atoms with van der Waals surface area (Å²) in [5.41, 5.74) is 0.303. The second-order valence-electron chi connectivity index (χ2n) is 5.57. The van der Waals surface area contributed by atoms with E-state index in [4.69, 9.17) is 4.74 Å². The van der Waals surface area contributed by atoms with Crippen molar-refractivity contribution in [1.29, 1.82) is 0 Å². The second-order valence-corrected chi connectivity index (χ2v) is 7.22. The third kappa shape index (κ3) is 3.74. The zero-order chi connectivity index (χ0) is 17.9. The molecule has 130 valence electrons. The standard InChI is InChI=1S/C19H18FNO3S/c1-2-13-24-18-11-12-19(17-6-4-3-5-16(17)18)25(22,23)21-15-9-7-14(20)8-10-15/h3-12,21H,2,13H2,1H3. The van der Waals surface area contributed by atoms with Gasteiger partial charge < -0.3 is 4.74 Å². The molecule has 0 unspecified atom stereocenters. The van der Waals surface area contributed by atoms with E-state index in [9.17, 15) is 12.8 Å². The molecule has 4 nitrogen and oxygen atoms in total. The molecule has 0 amide bonds. The summed E-state index contributed by atoms with van der Waals surface area (Å²) in [7, 11) is -3.82. The number of fused-ring (bicyclic) bond motifs is 1. The Hall–Kier alpha value is -2.60. The predicted molar refractivity (Wildman–Crippen MR) is 96.9 cm³/mol. The first kappa shape index (κ1) is 17.2. The number of ether oxygens (including phenoxy) is 1. The Morgan fingerprint density at radius 2 is 1.64 bits per heavy atom. The van der Waals surface area contributed by atoms with E-state index in [-0.39, 0.29) is 4.90 Å². The first-order chi connectivity index (χ1) is 12.0. The van der Waals surface area contributed by atoms with Crippen LogP contribution in [0, 0.1) is 5.82 Å². The molecule has 0 bridgehead atoms. The van der Waals surface area contributed by atoms with Crippen LogP contribution < -0.4 is 9.46 Å². The van der Waals surface area contributed by atoms with Gasteiger partial charge in [-0.05, 0) is 42.8 Å². The number of anilines is 1. The van der Waals surface area contributed by atoms with Gasteiger partial charge >= 0.3 is 0 Å². The minimum Gasteiger partial charge on any atom is -0.493 e. The zero-order valence-corrected chi connectivity index (χ0v) is 14.5. The van der Waals surface area contributed by atoms with Crippen LogP contribution in [-0.4, -0.2) is 15.0 Å². The molecule has 0 atom stereocenters. The van der Waals surface area contributed by atoms with E-state index in [0.29, 0.717) is 23.4 Å². The number of benzene rings is 3. The van der Waals surface area contributed by atoms with Crippen LogP contribution in [0.2, 0.25) is 0 Å². The number of rotatable bonds is 6. The quantitative estimate of drug-likeness (QED) is 0.701. The zero-order valence-electron chi connectivity index (χ0n) is 13.7. The van der Waals surface area contributed by atoms with Crippen molar-refractivity contribution in [3.63, 3.8) is 0 Å². The van der Waals surface area contributed by atoms with E-state index < -0.39 is 15.8 Å². The molecule has 0 aliphatic rings. The number of hydrogen-bond donors (Lipinski definition) is 1. The molecular weight excluding hydrogens is 341 g/mol. The van der Waals surface area contributed by atoms with Crippen molar-refractivity contribution in [3.8, 4) is 5.75 Å². The van der Waals surface area contributed by atoms with Gasteiger partial charge in [-0.2, -0.15) is 0 Å². The Kier molecular flexibility index (Phi) is 4.90. The molecule has 0 spiro atoms. The lowest BCUT2D eigenvalue weighted by molar-refractivity contribution is 0.321. The maximum absolute atomic E-state index is 13.0. The van der Waals surface area contributed by atoms with Gasteiger partial charge in [0.2, 0.25) is 0 Å². The van der Waals surface area contributed by atoms with Gasteiger partial charge in [-0.1, -0.05) is 31.2 Å². The Morgan fingerprint density at radius 3 is 2.32 bits per heavy atom. The Labute approximate surface area is 146 Å². The highest BCUT2D eigenvalue weighted by Crippen LogP contribution is 2.32. The third-order valence-corrected chi connectivity index (χ3v) is 5.13. The SMILES string of the molecule is CCCOc1ccc(S(=O)(=O)Nc2ccc(F)cc2)c2ccccc12. The summed E-state index contributed by atoms with van der Waals surface area (Å²) in [6.07, 6.45) is 0.862. The number of sulfonamides is 1. The highest BCUT2D eigenvalue weighted by atomic mass is 32.2. The first-order valence-corrected chi connectivity index (χ1v) is 9.42. The van der Waals surface area contributed by atoms with Crippen LogP contribution >= 0.6 is 0 Å². The molecule has 6 heteroatoms. The molecule has 1 N–H and O–H groups in total. The second kappa shape index (κ2) is 7.11. The molecule has 0 aliphatic heterocycles. The average Bonchev–Trinajstić information content (AvgIpc) is 2.61. The molecule has 25 heavy (non-hydrogen) atoms. The van der Waals surface area contributed by atoms with Gasteiger partial charge in [0.1, 0.15) is 11.6 Å². The van der Waals surface area contributed by atoms with Gasteiger partial charge in [-0.15, -0.1) is 0 Å². The number of hydrogen-bond acceptors (Lipinski definition) is 3. The van der Waals surface area contributed by atoms with E-state index in [2.05, 4.69) is 4.72 Å². The lowest BCUT2D eigenvalue weighted by Crippen LogP contribution is -2.13. The first-order valence-electron chi connectivity index (χ1n) is 7.94. The van der Waals surface area contributed by atoms with Crippen LogP contribution in [0.4, 0.5) is 10.1 Å². The highest BCUT2D eigenvalue weighted by Gasteiger charge is 2.19. The predicted octanol–water partition coefficient (Wildman–Crippen LogP) is 4.57. The topological polar surface area (TPSA) is 55.4 Å². The van der Waals surface area contributed by atoms with Crippen LogP contribution in [0.3, 0.4) is 0 Å². The minimum atomic E-state index is -3.82. The highest BCUT2D eigenvalue weighted by molar-refractivity contribution is 7.93. The van der Waals surface area contributed by atoms with Gasteiger partial charge in [-0.3, -0.25) is 4.72 Å². The molecular formula is C19H18FNO3S. The van der Waals surface area contributed by atoms with Gasteiger partial charge in [-0.25, -0.2) is 12.8 Å². The van der Waals surface area contributed by atoms with E-state index in [0.717, 1.165) is 11.8 Å². The van der Waals surface area contributed by atoms with Crippen molar-refractivity contribution in [2.45, 2.75) is 18.2 Å². The van der Waals surface area contributed by atoms with Gasteiger partial charge in [0.15, 0.2) is 0 Å². The smallest absolute Gasteiger partial charge is 0.262 e. The summed E-state index contributed by atoms with van der Waals surface area (Å²) in [5.74, 6) is 0.226. The fraction of sp³-hybridized carbons (Fsp3) is 0.158. The third-order valence-electron chi connectivity index (χ3n) is 3.69. The molecule has 0 aliphatic carbocycles. The molecule has 0 fully saturated rings. The number of nitrogens with one attached hydrogen (secondary N) is 1. The van der Waals surface area contributed by atoms with Crippen LogP contribution in [0.25, 0.3) is 10.8 Å². The maximum atomic E-state index is 13.0. The molecule has 0 heterocycles. The molecule has 0 aromatic heterocycles. The lowest BCUT2D eigenvalue weighted by Gasteiger charge is -2.13. The molecule has 3 rings (SSSR count). The Morgan fingerprint density at radius 1 is 0.960 bits per heavy atom. The monoisotopic (exact) mass is 359 g/mol. The summed E-state index contributed by atoms with van der Waals surface area (Å²) in [6.45, 7) is 2.57. The summed E-state index contributed by atoms with van der Waals surface area (Å²) < 4.78 is 46.8. The molecule has 0 radical (unpaired) electrons. The molecule has 0 saturated carbocycles. The summed E-state index contributed by atoms with van der Waals surface area (Å²) in [6, 6.07) is 15.6. The summed E-state index contributed by atoms with van der Waals surface area (Å²) in [4.78, 5) is 0.149. The van der Waals surface area contributed by atoms with Crippen molar-refractivity contribution < 1.29 is 17.5 Å². The number of halogens is 1. The van der Waals surface area contributed by atoms with E-state index in [1.165, 1.54) is 30.3 Å². The van der Waals surface area contributed by atoms with Crippen LogP contribution in [-0.2, 0) is 10.0 Å². The fourth-order valence-corrected chi connectivity index (χ4v) is 3.82. The van der Waals surface area contributed by atoms with Crippen molar-refractivity contribution in [2.75, 3.05) is 11.3 Å². The van der Waals surface area contributed by atoms with Gasteiger partial charge in [0.05, 0.1) is 11.5 Å². The van der Waals surface area contributed by atoms with Crippen LogP contribution in [0.5, 0.6) is 5.75 Å². The maximum Gasteiger partial charge on any atom is 0.262 e. The average molecular weight is 359 g/mol. The van der Waals surface area contributed by atoms with Gasteiger partial charge in [0, 0.05) is 16.5 Å².